The lowest BCUT2D eigenvalue weighted by atomic mass is 9.90. The first-order valence-corrected chi connectivity index (χ1v) is 11.4. The molecule has 9 heteroatoms. The first kappa shape index (κ1) is 25.4. The summed E-state index contributed by atoms with van der Waals surface area (Å²) in [7, 11) is 0. The summed E-state index contributed by atoms with van der Waals surface area (Å²) in [5.41, 5.74) is 1.75. The van der Waals surface area contributed by atoms with Crippen LogP contribution in [0.1, 0.15) is 44.4 Å². The molecule has 1 amide bonds. The van der Waals surface area contributed by atoms with E-state index in [2.05, 4.69) is 5.32 Å². The highest BCUT2D eigenvalue weighted by atomic mass is 19.1. The third-order valence-electron chi connectivity index (χ3n) is 5.49. The zero-order valence-electron chi connectivity index (χ0n) is 19.7. The number of nitrogens with one attached hydrogen (secondary N) is 1. The molecular formula is C25H30F2N2O5. The van der Waals surface area contributed by atoms with E-state index in [-0.39, 0.29) is 31.2 Å². The smallest absolute Gasteiger partial charge is 0.307 e. The fraction of sp³-hybridized carbons (Fsp3) is 0.440. The molecule has 34 heavy (non-hydrogen) atoms. The van der Waals surface area contributed by atoms with Gasteiger partial charge in [0.25, 0.3) is 0 Å². The molecule has 7 nitrogen and oxygen atoms in total. The van der Waals surface area contributed by atoms with Crippen LogP contribution in [0.4, 0.5) is 14.5 Å². The molecule has 1 heterocycles. The maximum Gasteiger partial charge on any atom is 0.307 e. The standard InChI is InChI=1S/C25H30F2N2O5/c1-4-32-22-11-16-9-10-29(15-24(30)28-20-8-7-17(26)12-19(20)27)21(14-25(31)34-6-3)18(16)13-23(22)33-5-2/h7-8,11-13,21H,4-6,9-10,14-15H2,1-3H3,(H,28,30)/t21-/m0/s1. The molecule has 0 saturated carbocycles. The number of esters is 1. The Morgan fingerprint density at radius 1 is 1.03 bits per heavy atom. The Morgan fingerprint density at radius 3 is 2.38 bits per heavy atom. The van der Waals surface area contributed by atoms with E-state index in [1.54, 1.807) is 6.92 Å². The second-order valence-electron chi connectivity index (χ2n) is 7.78. The zero-order chi connectivity index (χ0) is 24.7. The summed E-state index contributed by atoms with van der Waals surface area (Å²) in [6.07, 6.45) is 0.665. The van der Waals surface area contributed by atoms with Gasteiger partial charge in [-0.15, -0.1) is 0 Å². The van der Waals surface area contributed by atoms with Crippen LogP contribution in [0, 0.1) is 11.6 Å². The van der Waals surface area contributed by atoms with E-state index in [1.807, 2.05) is 30.9 Å². The average molecular weight is 477 g/mol. The minimum Gasteiger partial charge on any atom is -0.490 e. The van der Waals surface area contributed by atoms with E-state index in [0.717, 1.165) is 17.2 Å². The van der Waals surface area contributed by atoms with Gasteiger partial charge in [0.05, 0.1) is 38.5 Å². The minimum absolute atomic E-state index is 0.0403. The number of amides is 1. The molecule has 2 aromatic rings. The van der Waals surface area contributed by atoms with Crippen molar-refractivity contribution >= 4 is 17.6 Å². The summed E-state index contributed by atoms with van der Waals surface area (Å²) >= 11 is 0. The highest BCUT2D eigenvalue weighted by Gasteiger charge is 2.32. The number of anilines is 1. The van der Waals surface area contributed by atoms with Gasteiger partial charge in [0.1, 0.15) is 11.6 Å². The van der Waals surface area contributed by atoms with E-state index >= 15 is 0 Å². The highest BCUT2D eigenvalue weighted by Crippen LogP contribution is 2.40. The molecule has 1 aliphatic rings. The fourth-order valence-electron chi connectivity index (χ4n) is 4.07. The number of carbonyl (C=O) groups is 2. The number of benzene rings is 2. The summed E-state index contributed by atoms with van der Waals surface area (Å²) in [4.78, 5) is 27.0. The Bertz CT molecular complexity index is 1030. The lowest BCUT2D eigenvalue weighted by Crippen LogP contribution is -2.41. The summed E-state index contributed by atoms with van der Waals surface area (Å²) in [6.45, 7) is 7.08. The first-order valence-electron chi connectivity index (χ1n) is 11.4. The molecular weight excluding hydrogens is 446 g/mol. The third-order valence-corrected chi connectivity index (χ3v) is 5.49. The van der Waals surface area contributed by atoms with Crippen LogP contribution < -0.4 is 14.8 Å². The molecule has 0 saturated heterocycles. The predicted molar refractivity (Wildman–Crippen MR) is 123 cm³/mol. The Morgan fingerprint density at radius 2 is 1.74 bits per heavy atom. The van der Waals surface area contributed by atoms with Gasteiger partial charge in [-0.1, -0.05) is 0 Å². The zero-order valence-corrected chi connectivity index (χ0v) is 19.7. The van der Waals surface area contributed by atoms with E-state index in [1.165, 1.54) is 6.07 Å². The summed E-state index contributed by atoms with van der Waals surface area (Å²) in [5, 5.41) is 2.48. The van der Waals surface area contributed by atoms with Crippen molar-refractivity contribution in [2.45, 2.75) is 39.7 Å². The molecule has 0 unspecified atom stereocenters. The molecule has 2 aromatic carbocycles. The van der Waals surface area contributed by atoms with Crippen molar-refractivity contribution in [2.24, 2.45) is 0 Å². The maximum absolute atomic E-state index is 14.0. The van der Waals surface area contributed by atoms with Gasteiger partial charge in [-0.2, -0.15) is 0 Å². The number of hydrogen-bond acceptors (Lipinski definition) is 6. The van der Waals surface area contributed by atoms with Gasteiger partial charge < -0.3 is 19.5 Å². The van der Waals surface area contributed by atoms with Crippen molar-refractivity contribution in [3.63, 3.8) is 0 Å². The molecule has 1 atom stereocenters. The second kappa shape index (κ2) is 11.8. The molecule has 0 radical (unpaired) electrons. The summed E-state index contributed by atoms with van der Waals surface area (Å²) in [6, 6.07) is 6.30. The molecule has 0 fully saturated rings. The Hall–Kier alpha value is -3.20. The molecule has 0 aliphatic carbocycles. The Kier molecular flexibility index (Phi) is 8.81. The van der Waals surface area contributed by atoms with E-state index in [0.29, 0.717) is 43.7 Å². The van der Waals surface area contributed by atoms with Crippen LogP contribution in [0.15, 0.2) is 30.3 Å². The van der Waals surface area contributed by atoms with Crippen LogP contribution in [-0.4, -0.2) is 49.7 Å². The van der Waals surface area contributed by atoms with Crippen molar-refractivity contribution in [2.75, 3.05) is 38.2 Å². The third kappa shape index (κ3) is 6.22. The van der Waals surface area contributed by atoms with Crippen molar-refractivity contribution in [3.05, 3.63) is 53.1 Å². The average Bonchev–Trinajstić information content (AvgIpc) is 2.78. The van der Waals surface area contributed by atoms with Crippen LogP contribution in [0.25, 0.3) is 0 Å². The van der Waals surface area contributed by atoms with Gasteiger partial charge in [-0.05, 0) is 62.6 Å². The molecule has 3 rings (SSSR count). The number of rotatable bonds is 10. The fourth-order valence-corrected chi connectivity index (χ4v) is 4.07. The van der Waals surface area contributed by atoms with E-state index in [9.17, 15) is 18.4 Å². The largest absolute Gasteiger partial charge is 0.490 e. The van der Waals surface area contributed by atoms with Crippen molar-refractivity contribution in [1.29, 1.82) is 0 Å². The quantitative estimate of drug-likeness (QED) is 0.517. The van der Waals surface area contributed by atoms with Gasteiger partial charge in [-0.3, -0.25) is 14.5 Å². The molecule has 184 valence electrons. The van der Waals surface area contributed by atoms with Crippen LogP contribution in [0.5, 0.6) is 11.5 Å². The van der Waals surface area contributed by atoms with Gasteiger partial charge in [0, 0.05) is 18.7 Å². The number of fused-ring (bicyclic) bond motifs is 1. The Labute approximate surface area is 198 Å². The van der Waals surface area contributed by atoms with Gasteiger partial charge in [0.15, 0.2) is 11.5 Å². The molecule has 0 spiro atoms. The van der Waals surface area contributed by atoms with Crippen molar-refractivity contribution < 1.29 is 32.6 Å². The van der Waals surface area contributed by atoms with Crippen molar-refractivity contribution in [3.8, 4) is 11.5 Å². The topological polar surface area (TPSA) is 77.1 Å². The summed E-state index contributed by atoms with van der Waals surface area (Å²) < 4.78 is 43.8. The van der Waals surface area contributed by atoms with Crippen LogP contribution >= 0.6 is 0 Å². The number of halogens is 2. The normalized spacial score (nSPS) is 15.4. The van der Waals surface area contributed by atoms with E-state index in [4.69, 9.17) is 14.2 Å². The van der Waals surface area contributed by atoms with Crippen molar-refractivity contribution in [1.82, 2.24) is 4.90 Å². The highest BCUT2D eigenvalue weighted by molar-refractivity contribution is 5.92. The van der Waals surface area contributed by atoms with Crippen LogP contribution in [0.2, 0.25) is 0 Å². The molecule has 0 aromatic heterocycles. The van der Waals surface area contributed by atoms with E-state index < -0.39 is 23.6 Å². The number of hydrogen-bond donors (Lipinski definition) is 1. The SMILES string of the molecule is CCOC(=O)C[C@H]1c2cc(OCC)c(OCC)cc2CCN1CC(=O)Nc1ccc(F)cc1F. The number of nitrogens with zero attached hydrogens (tertiary/aromatic N) is 1. The molecule has 1 aliphatic heterocycles. The van der Waals surface area contributed by atoms with Gasteiger partial charge in [-0.25, -0.2) is 8.78 Å². The molecule has 0 bridgehead atoms. The van der Waals surface area contributed by atoms with Crippen LogP contribution in [-0.2, 0) is 20.7 Å². The number of carbonyl (C=O) groups excluding carboxylic acids is 2. The lowest BCUT2D eigenvalue weighted by Gasteiger charge is -2.37. The minimum atomic E-state index is -0.856. The predicted octanol–water partition coefficient (Wildman–Crippen LogP) is 4.25. The second-order valence-corrected chi connectivity index (χ2v) is 7.78. The molecule has 1 N–H and O–H groups in total. The van der Waals surface area contributed by atoms with Crippen LogP contribution in [0.3, 0.4) is 0 Å². The first-order chi connectivity index (χ1) is 16.4. The lowest BCUT2D eigenvalue weighted by molar-refractivity contribution is -0.145. The monoisotopic (exact) mass is 476 g/mol. The van der Waals surface area contributed by atoms with Gasteiger partial charge in [0.2, 0.25) is 5.91 Å². The Balaban J connectivity index is 1.87. The maximum atomic E-state index is 14.0. The van der Waals surface area contributed by atoms with Gasteiger partial charge >= 0.3 is 5.97 Å². The summed E-state index contributed by atoms with van der Waals surface area (Å²) in [5.74, 6) is -1.24. The number of ether oxygens (including phenoxy) is 3.